The number of halogens is 1. The Hall–Kier alpha value is -1.62. The van der Waals surface area contributed by atoms with Crippen LogP contribution >= 0.6 is 0 Å². The lowest BCUT2D eigenvalue weighted by Gasteiger charge is -2.27. The van der Waals surface area contributed by atoms with Crippen molar-refractivity contribution >= 4 is 5.97 Å². The molecule has 2 rings (SSSR count). The Morgan fingerprint density at radius 1 is 1.38 bits per heavy atom. The predicted octanol–water partition coefficient (Wildman–Crippen LogP) is 3.07. The Balaban J connectivity index is 1.83. The molecule has 0 aliphatic heterocycles. The summed E-state index contributed by atoms with van der Waals surface area (Å²) in [7, 11) is 0. The third-order valence-electron chi connectivity index (χ3n) is 4.36. The minimum absolute atomic E-state index is 0.0889. The molecule has 0 amide bonds. The molecule has 0 aromatic heterocycles. The van der Waals surface area contributed by atoms with Crippen LogP contribution in [0.25, 0.3) is 0 Å². The van der Waals surface area contributed by atoms with Crippen molar-refractivity contribution in [3.05, 3.63) is 29.6 Å². The zero-order valence-corrected chi connectivity index (χ0v) is 12.2. The second-order valence-corrected chi connectivity index (χ2v) is 5.89. The van der Waals surface area contributed by atoms with Gasteiger partial charge in [0.25, 0.3) is 0 Å². The number of rotatable bonds is 5. The Bertz CT molecular complexity index is 498. The third-order valence-corrected chi connectivity index (χ3v) is 4.36. The van der Waals surface area contributed by atoms with Crippen LogP contribution in [0.5, 0.6) is 5.75 Å². The number of aromatic hydroxyl groups is 1. The molecule has 1 aliphatic rings. The van der Waals surface area contributed by atoms with Crippen LogP contribution in [0.2, 0.25) is 0 Å². The van der Waals surface area contributed by atoms with E-state index in [1.165, 1.54) is 18.2 Å². The van der Waals surface area contributed by atoms with Crippen LogP contribution in [0.4, 0.5) is 4.39 Å². The lowest BCUT2D eigenvalue weighted by Crippen LogP contribution is -2.30. The van der Waals surface area contributed by atoms with E-state index in [-0.39, 0.29) is 23.5 Å². The van der Waals surface area contributed by atoms with Gasteiger partial charge in [0.05, 0.1) is 5.92 Å². The molecule has 1 atom stereocenters. The van der Waals surface area contributed by atoms with Gasteiger partial charge in [0.15, 0.2) is 0 Å². The molecule has 1 unspecified atom stereocenters. The summed E-state index contributed by atoms with van der Waals surface area (Å²) in [5.41, 5.74) is 0.550. The maximum Gasteiger partial charge on any atom is 0.306 e. The Labute approximate surface area is 124 Å². The fourth-order valence-corrected chi connectivity index (χ4v) is 2.94. The molecule has 5 heteroatoms. The largest absolute Gasteiger partial charge is 0.508 e. The van der Waals surface area contributed by atoms with E-state index in [1.54, 1.807) is 0 Å². The zero-order valence-electron chi connectivity index (χ0n) is 12.2. The molecule has 1 aliphatic carbocycles. The first-order valence-electron chi connectivity index (χ1n) is 7.42. The highest BCUT2D eigenvalue weighted by atomic mass is 19.1. The summed E-state index contributed by atoms with van der Waals surface area (Å²) >= 11 is 0. The predicted molar refractivity (Wildman–Crippen MR) is 77.6 cm³/mol. The molecular weight excluding hydrogens is 273 g/mol. The Morgan fingerprint density at radius 3 is 2.67 bits per heavy atom. The van der Waals surface area contributed by atoms with Gasteiger partial charge in [0.1, 0.15) is 11.6 Å². The van der Waals surface area contributed by atoms with E-state index in [4.69, 9.17) is 5.11 Å². The van der Waals surface area contributed by atoms with Crippen LogP contribution in [0, 0.1) is 17.7 Å². The number of carboxylic acid groups (broad SMARTS) is 1. The summed E-state index contributed by atoms with van der Waals surface area (Å²) in [5.74, 6) is -0.728. The van der Waals surface area contributed by atoms with Crippen molar-refractivity contribution in [1.82, 2.24) is 5.32 Å². The summed E-state index contributed by atoms with van der Waals surface area (Å²) < 4.78 is 13.2. The summed E-state index contributed by atoms with van der Waals surface area (Å²) in [6.45, 7) is 2.64. The minimum atomic E-state index is -0.695. The molecule has 4 nitrogen and oxygen atoms in total. The summed E-state index contributed by atoms with van der Waals surface area (Å²) in [6, 6.07) is 3.80. The molecule has 0 heterocycles. The summed E-state index contributed by atoms with van der Waals surface area (Å²) in [5, 5.41) is 22.0. The Morgan fingerprint density at radius 2 is 2.05 bits per heavy atom. The first kappa shape index (κ1) is 15.8. The van der Waals surface area contributed by atoms with Gasteiger partial charge in [-0.25, -0.2) is 4.39 Å². The zero-order chi connectivity index (χ0) is 15.4. The van der Waals surface area contributed by atoms with Gasteiger partial charge >= 0.3 is 5.97 Å². The number of phenolic OH excluding ortho intramolecular Hbond substituents is 1. The van der Waals surface area contributed by atoms with E-state index < -0.39 is 5.97 Å². The first-order chi connectivity index (χ1) is 9.97. The lowest BCUT2D eigenvalue weighted by atomic mass is 9.82. The maximum atomic E-state index is 13.2. The maximum absolute atomic E-state index is 13.2. The van der Waals surface area contributed by atoms with Crippen LogP contribution in [0.15, 0.2) is 18.2 Å². The second kappa shape index (κ2) is 6.89. The van der Waals surface area contributed by atoms with E-state index in [9.17, 15) is 14.3 Å². The van der Waals surface area contributed by atoms with Gasteiger partial charge in [-0.05, 0) is 63.3 Å². The molecule has 1 saturated carbocycles. The standard InChI is InChI=1S/C16H22FNO3/c1-10(14-8-13(17)6-7-15(14)19)18-9-11-2-4-12(5-3-11)16(20)21/h6-8,10-12,18-19H,2-5,9H2,1H3,(H,20,21). The van der Waals surface area contributed by atoms with Crippen molar-refractivity contribution in [3.8, 4) is 5.75 Å². The number of hydrogen-bond acceptors (Lipinski definition) is 3. The van der Waals surface area contributed by atoms with E-state index in [0.29, 0.717) is 11.5 Å². The molecular formula is C16H22FNO3. The molecule has 1 fully saturated rings. The number of carboxylic acids is 1. The average molecular weight is 295 g/mol. The third kappa shape index (κ3) is 4.17. The van der Waals surface area contributed by atoms with E-state index >= 15 is 0 Å². The quantitative estimate of drug-likeness (QED) is 0.781. The van der Waals surface area contributed by atoms with E-state index in [1.807, 2.05) is 6.92 Å². The molecule has 21 heavy (non-hydrogen) atoms. The van der Waals surface area contributed by atoms with Gasteiger partial charge < -0.3 is 15.5 Å². The number of aliphatic carboxylic acids is 1. The molecule has 1 aromatic carbocycles. The van der Waals surface area contributed by atoms with Crippen molar-refractivity contribution in [3.63, 3.8) is 0 Å². The summed E-state index contributed by atoms with van der Waals surface area (Å²) in [6.07, 6.45) is 3.24. The molecule has 1 aromatic rings. The van der Waals surface area contributed by atoms with Crippen LogP contribution in [-0.4, -0.2) is 22.7 Å². The number of benzene rings is 1. The second-order valence-electron chi connectivity index (χ2n) is 5.89. The smallest absolute Gasteiger partial charge is 0.306 e. The number of carbonyl (C=O) groups is 1. The molecule has 116 valence electrons. The van der Waals surface area contributed by atoms with Crippen LogP contribution < -0.4 is 5.32 Å². The van der Waals surface area contributed by atoms with Crippen molar-refractivity contribution in [2.45, 2.75) is 38.6 Å². The van der Waals surface area contributed by atoms with Crippen LogP contribution in [0.1, 0.15) is 44.2 Å². The van der Waals surface area contributed by atoms with Crippen LogP contribution in [-0.2, 0) is 4.79 Å². The number of hydrogen-bond donors (Lipinski definition) is 3. The van der Waals surface area contributed by atoms with E-state index in [2.05, 4.69) is 5.32 Å². The van der Waals surface area contributed by atoms with Crippen molar-refractivity contribution < 1.29 is 19.4 Å². The molecule has 0 bridgehead atoms. The number of phenols is 1. The SMILES string of the molecule is CC(NCC1CCC(C(=O)O)CC1)c1cc(F)ccc1O. The van der Waals surface area contributed by atoms with Gasteiger partial charge in [-0.3, -0.25) is 4.79 Å². The van der Waals surface area contributed by atoms with Gasteiger partial charge in [-0.1, -0.05) is 0 Å². The monoisotopic (exact) mass is 295 g/mol. The molecule has 0 spiro atoms. The lowest BCUT2D eigenvalue weighted by molar-refractivity contribution is -0.143. The van der Waals surface area contributed by atoms with Crippen molar-refractivity contribution in [2.24, 2.45) is 11.8 Å². The highest BCUT2D eigenvalue weighted by Gasteiger charge is 2.26. The van der Waals surface area contributed by atoms with Crippen molar-refractivity contribution in [1.29, 1.82) is 0 Å². The van der Waals surface area contributed by atoms with Gasteiger partial charge in [-0.2, -0.15) is 0 Å². The fraction of sp³-hybridized carbons (Fsp3) is 0.562. The molecule has 3 N–H and O–H groups in total. The van der Waals surface area contributed by atoms with Crippen LogP contribution in [0.3, 0.4) is 0 Å². The van der Waals surface area contributed by atoms with Gasteiger partial charge in [-0.15, -0.1) is 0 Å². The highest BCUT2D eigenvalue weighted by molar-refractivity contribution is 5.69. The minimum Gasteiger partial charge on any atom is -0.508 e. The topological polar surface area (TPSA) is 69.6 Å². The Kier molecular flexibility index (Phi) is 5.17. The summed E-state index contributed by atoms with van der Waals surface area (Å²) in [4.78, 5) is 10.9. The fourth-order valence-electron chi connectivity index (χ4n) is 2.94. The van der Waals surface area contributed by atoms with Gasteiger partial charge in [0, 0.05) is 11.6 Å². The normalized spacial score (nSPS) is 23.7. The van der Waals surface area contributed by atoms with Gasteiger partial charge in [0.2, 0.25) is 0 Å². The highest BCUT2D eigenvalue weighted by Crippen LogP contribution is 2.30. The van der Waals surface area contributed by atoms with Crippen molar-refractivity contribution in [2.75, 3.05) is 6.54 Å². The molecule has 0 radical (unpaired) electrons. The first-order valence-corrected chi connectivity index (χ1v) is 7.42. The number of nitrogens with one attached hydrogen (secondary N) is 1. The molecule has 0 saturated heterocycles. The average Bonchev–Trinajstić information content (AvgIpc) is 2.47. The van der Waals surface area contributed by atoms with E-state index in [0.717, 1.165) is 32.2 Å².